The molecule has 1 unspecified atom stereocenters. The Morgan fingerprint density at radius 1 is 1.08 bits per heavy atom. The minimum atomic E-state index is -1.26. The fraction of sp³-hybridized carbons (Fsp3) is 0.400. The first-order chi connectivity index (χ1) is 11.4. The van der Waals surface area contributed by atoms with Crippen LogP contribution >= 0.6 is 0 Å². The van der Waals surface area contributed by atoms with Gasteiger partial charge in [0.15, 0.2) is 5.41 Å². The van der Waals surface area contributed by atoms with Crippen molar-refractivity contribution in [1.82, 2.24) is 0 Å². The number of esters is 2. The van der Waals surface area contributed by atoms with Crippen molar-refractivity contribution in [2.75, 3.05) is 14.2 Å². The van der Waals surface area contributed by atoms with Crippen molar-refractivity contribution >= 4 is 18.0 Å². The van der Waals surface area contributed by atoms with E-state index in [4.69, 9.17) is 9.47 Å². The van der Waals surface area contributed by atoms with Crippen LogP contribution in [0.15, 0.2) is 47.6 Å². The van der Waals surface area contributed by atoms with E-state index in [9.17, 15) is 9.59 Å². The second-order valence-corrected chi connectivity index (χ2v) is 6.43. The third kappa shape index (κ3) is 3.58. The van der Waals surface area contributed by atoms with Crippen molar-refractivity contribution in [2.45, 2.75) is 26.7 Å². The van der Waals surface area contributed by atoms with E-state index >= 15 is 0 Å². The highest BCUT2D eigenvalue weighted by atomic mass is 16.5. The van der Waals surface area contributed by atoms with Crippen LogP contribution in [-0.2, 0) is 19.1 Å². The topological polar surface area (TPSA) is 52.6 Å². The van der Waals surface area contributed by atoms with Crippen molar-refractivity contribution in [3.05, 3.63) is 53.1 Å². The van der Waals surface area contributed by atoms with Crippen LogP contribution in [0.1, 0.15) is 32.3 Å². The Hall–Kier alpha value is -2.36. The van der Waals surface area contributed by atoms with E-state index in [0.29, 0.717) is 12.8 Å². The summed E-state index contributed by atoms with van der Waals surface area (Å²) in [7, 11) is 2.61. The highest BCUT2D eigenvalue weighted by Crippen LogP contribution is 2.48. The molecule has 0 heterocycles. The molecule has 0 spiro atoms. The van der Waals surface area contributed by atoms with Crippen molar-refractivity contribution in [1.29, 1.82) is 0 Å². The second-order valence-electron chi connectivity index (χ2n) is 6.43. The Balaban J connectivity index is 2.49. The maximum atomic E-state index is 12.4. The predicted molar refractivity (Wildman–Crippen MR) is 93.0 cm³/mol. The van der Waals surface area contributed by atoms with E-state index < -0.39 is 17.4 Å². The predicted octanol–water partition coefficient (Wildman–Crippen LogP) is 3.78. The first kappa shape index (κ1) is 18.0. The molecule has 0 bridgehead atoms. The van der Waals surface area contributed by atoms with Crippen molar-refractivity contribution in [3.8, 4) is 0 Å². The van der Waals surface area contributed by atoms with Gasteiger partial charge < -0.3 is 9.47 Å². The average molecular weight is 328 g/mol. The van der Waals surface area contributed by atoms with Crippen molar-refractivity contribution in [2.24, 2.45) is 11.3 Å². The molecule has 0 saturated heterocycles. The molecule has 2 rings (SSSR count). The first-order valence-electron chi connectivity index (χ1n) is 8.00. The Labute approximate surface area is 143 Å². The minimum absolute atomic E-state index is 0.00778. The number of rotatable bonds is 4. The molecule has 24 heavy (non-hydrogen) atoms. The van der Waals surface area contributed by atoms with E-state index in [1.807, 2.05) is 44.2 Å². The SMILES string of the molecule is COC(=O)C1(C(=O)OC)C/C(=C/c2ccccc2)C(C=C(C)C)C1. The maximum Gasteiger partial charge on any atom is 0.323 e. The smallest absolute Gasteiger partial charge is 0.323 e. The summed E-state index contributed by atoms with van der Waals surface area (Å²) in [6, 6.07) is 9.89. The number of benzene rings is 1. The molecule has 0 amide bonds. The van der Waals surface area contributed by atoms with Gasteiger partial charge in [-0.05, 0) is 38.2 Å². The Kier molecular flexibility index (Phi) is 5.60. The van der Waals surface area contributed by atoms with E-state index in [2.05, 4.69) is 12.2 Å². The highest BCUT2D eigenvalue weighted by molar-refractivity contribution is 6.01. The maximum absolute atomic E-state index is 12.4. The van der Waals surface area contributed by atoms with Crippen molar-refractivity contribution < 1.29 is 19.1 Å². The normalized spacial score (nSPS) is 20.5. The molecule has 0 aromatic heterocycles. The van der Waals surface area contributed by atoms with E-state index in [0.717, 1.165) is 16.7 Å². The monoisotopic (exact) mass is 328 g/mol. The number of methoxy groups -OCH3 is 2. The molecule has 4 heteroatoms. The summed E-state index contributed by atoms with van der Waals surface area (Å²) in [6.45, 7) is 4.02. The van der Waals surface area contributed by atoms with Gasteiger partial charge in [0.2, 0.25) is 0 Å². The molecule has 1 aromatic carbocycles. The largest absolute Gasteiger partial charge is 0.468 e. The van der Waals surface area contributed by atoms with E-state index in [1.165, 1.54) is 14.2 Å². The van der Waals surface area contributed by atoms with Crippen LogP contribution in [0.5, 0.6) is 0 Å². The molecule has 0 aliphatic heterocycles. The molecule has 0 N–H and O–H groups in total. The quantitative estimate of drug-likeness (QED) is 0.479. The van der Waals surface area contributed by atoms with Gasteiger partial charge >= 0.3 is 11.9 Å². The van der Waals surface area contributed by atoms with Gasteiger partial charge in [0.1, 0.15) is 0 Å². The van der Waals surface area contributed by atoms with Crippen LogP contribution in [0.25, 0.3) is 6.08 Å². The fourth-order valence-corrected chi connectivity index (χ4v) is 3.33. The molecule has 128 valence electrons. The molecule has 1 aromatic rings. The lowest BCUT2D eigenvalue weighted by atomic mass is 9.85. The number of hydrogen-bond donors (Lipinski definition) is 0. The third-order valence-electron chi connectivity index (χ3n) is 4.39. The summed E-state index contributed by atoms with van der Waals surface area (Å²) < 4.78 is 9.85. The number of carbonyl (C=O) groups excluding carboxylic acids is 2. The van der Waals surface area contributed by atoms with Gasteiger partial charge in [-0.15, -0.1) is 0 Å². The zero-order valence-corrected chi connectivity index (χ0v) is 14.7. The van der Waals surface area contributed by atoms with Gasteiger partial charge in [-0.3, -0.25) is 9.59 Å². The molecule has 1 fully saturated rings. The van der Waals surface area contributed by atoms with Gasteiger partial charge in [-0.1, -0.05) is 53.6 Å². The zero-order chi connectivity index (χ0) is 17.7. The molecule has 1 aliphatic rings. The summed E-state index contributed by atoms with van der Waals surface area (Å²) in [4.78, 5) is 24.8. The molecule has 4 nitrogen and oxygen atoms in total. The molecule has 0 radical (unpaired) electrons. The van der Waals surface area contributed by atoms with Crippen LogP contribution in [0.3, 0.4) is 0 Å². The minimum Gasteiger partial charge on any atom is -0.468 e. The van der Waals surface area contributed by atoms with Gasteiger partial charge in [-0.25, -0.2) is 0 Å². The lowest BCUT2D eigenvalue weighted by molar-refractivity contribution is -0.168. The second kappa shape index (κ2) is 7.47. The molecule has 1 atom stereocenters. The van der Waals surface area contributed by atoms with Crippen LogP contribution in [-0.4, -0.2) is 26.2 Å². The summed E-state index contributed by atoms with van der Waals surface area (Å²) in [5.41, 5.74) is 1.97. The zero-order valence-electron chi connectivity index (χ0n) is 14.7. The van der Waals surface area contributed by atoms with Gasteiger partial charge in [0.05, 0.1) is 14.2 Å². The summed E-state index contributed by atoms with van der Waals surface area (Å²) in [5.74, 6) is -1.05. The Morgan fingerprint density at radius 3 is 2.17 bits per heavy atom. The first-order valence-corrected chi connectivity index (χ1v) is 8.00. The van der Waals surface area contributed by atoms with Gasteiger partial charge in [0, 0.05) is 0 Å². The fourth-order valence-electron chi connectivity index (χ4n) is 3.33. The lowest BCUT2D eigenvalue weighted by Crippen LogP contribution is -2.39. The summed E-state index contributed by atoms with van der Waals surface area (Å²) >= 11 is 0. The van der Waals surface area contributed by atoms with Crippen LogP contribution in [0, 0.1) is 11.3 Å². The van der Waals surface area contributed by atoms with E-state index in [1.54, 1.807) is 0 Å². The van der Waals surface area contributed by atoms with E-state index in [-0.39, 0.29) is 5.92 Å². The Morgan fingerprint density at radius 2 is 1.67 bits per heavy atom. The lowest BCUT2D eigenvalue weighted by Gasteiger charge is -2.22. The standard InChI is InChI=1S/C20H24O4/c1-14(2)10-16-12-20(18(21)23-3,19(22)24-4)13-17(16)11-15-8-6-5-7-9-15/h5-11,16H,12-13H2,1-4H3/b17-11-. The molecular weight excluding hydrogens is 304 g/mol. The van der Waals surface area contributed by atoms with Gasteiger partial charge in [0.25, 0.3) is 0 Å². The number of ether oxygens (including phenoxy) is 2. The summed E-state index contributed by atoms with van der Waals surface area (Å²) in [5, 5.41) is 0. The van der Waals surface area contributed by atoms with Gasteiger partial charge in [-0.2, -0.15) is 0 Å². The van der Waals surface area contributed by atoms with Crippen LogP contribution in [0.2, 0.25) is 0 Å². The highest BCUT2D eigenvalue weighted by Gasteiger charge is 2.54. The van der Waals surface area contributed by atoms with Crippen molar-refractivity contribution in [3.63, 3.8) is 0 Å². The molecular formula is C20H24O4. The van der Waals surface area contributed by atoms with Crippen LogP contribution in [0.4, 0.5) is 0 Å². The average Bonchev–Trinajstić information content (AvgIpc) is 2.93. The molecule has 1 saturated carbocycles. The molecule has 1 aliphatic carbocycles. The number of hydrogen-bond acceptors (Lipinski definition) is 4. The van der Waals surface area contributed by atoms with Crippen LogP contribution < -0.4 is 0 Å². The summed E-state index contributed by atoms with van der Waals surface area (Å²) in [6.07, 6.45) is 4.84. The Bertz CT molecular complexity index is 650. The third-order valence-corrected chi connectivity index (χ3v) is 4.39. The number of allylic oxidation sites excluding steroid dienone is 3. The number of carbonyl (C=O) groups is 2.